The number of anilines is 1. The van der Waals surface area contributed by atoms with Crippen molar-refractivity contribution in [2.45, 2.75) is 36.0 Å². The maximum Gasteiger partial charge on any atom is 0.340 e. The van der Waals surface area contributed by atoms with Crippen LogP contribution in [-0.4, -0.2) is 37.8 Å². The van der Waals surface area contributed by atoms with Crippen LogP contribution in [0, 0.1) is 0 Å². The van der Waals surface area contributed by atoms with Gasteiger partial charge in [-0.2, -0.15) is 0 Å². The molecule has 8 nitrogen and oxygen atoms in total. The van der Waals surface area contributed by atoms with Crippen molar-refractivity contribution in [3.05, 3.63) is 17.8 Å². The zero-order valence-corrected chi connectivity index (χ0v) is 12.2. The Morgan fingerprint density at radius 2 is 2.38 bits per heavy atom. The van der Waals surface area contributed by atoms with Gasteiger partial charge in [0, 0.05) is 0 Å². The maximum absolute atomic E-state index is 12.0. The van der Waals surface area contributed by atoms with Crippen molar-refractivity contribution in [2.24, 2.45) is 0 Å². The number of esters is 1. The molecule has 0 spiro atoms. The number of nitrogens with zero attached hydrogens (tertiary/aromatic N) is 5. The van der Waals surface area contributed by atoms with Gasteiger partial charge in [0.25, 0.3) is 0 Å². The number of nitrogen functional groups attached to an aromatic ring is 1. The first-order chi connectivity index (χ1) is 10.2. The van der Waals surface area contributed by atoms with Crippen LogP contribution in [0.15, 0.2) is 22.4 Å². The molecule has 3 rings (SSSR count). The van der Waals surface area contributed by atoms with Gasteiger partial charge in [0.1, 0.15) is 5.03 Å². The van der Waals surface area contributed by atoms with E-state index >= 15 is 0 Å². The third kappa shape index (κ3) is 2.97. The summed E-state index contributed by atoms with van der Waals surface area (Å²) in [6.45, 7) is 2.04. The third-order valence-corrected chi connectivity index (χ3v) is 3.88. The van der Waals surface area contributed by atoms with E-state index < -0.39 is 5.97 Å². The van der Waals surface area contributed by atoms with Gasteiger partial charge in [-0.3, -0.25) is 0 Å². The summed E-state index contributed by atoms with van der Waals surface area (Å²) in [5, 5.41) is 12.7. The van der Waals surface area contributed by atoms with E-state index in [0.29, 0.717) is 27.5 Å². The van der Waals surface area contributed by atoms with E-state index in [1.807, 2.05) is 0 Å². The monoisotopic (exact) mass is 306 g/mol. The summed E-state index contributed by atoms with van der Waals surface area (Å²) in [7, 11) is 0. The average molecular weight is 306 g/mol. The summed E-state index contributed by atoms with van der Waals surface area (Å²) in [5.74, 6) is -0.453. The van der Waals surface area contributed by atoms with Gasteiger partial charge in [-0.1, -0.05) is 0 Å². The number of hydrogen-bond acceptors (Lipinski definition) is 8. The molecule has 1 aliphatic carbocycles. The highest BCUT2D eigenvalue weighted by atomic mass is 32.2. The highest BCUT2D eigenvalue weighted by Crippen LogP contribution is 2.38. The van der Waals surface area contributed by atoms with Crippen LogP contribution in [0.2, 0.25) is 0 Å². The Balaban J connectivity index is 1.90. The normalized spacial score (nSPS) is 14.1. The van der Waals surface area contributed by atoms with Crippen molar-refractivity contribution in [3.63, 3.8) is 0 Å². The van der Waals surface area contributed by atoms with Gasteiger partial charge in [-0.05, 0) is 48.0 Å². The molecule has 0 atom stereocenters. The zero-order chi connectivity index (χ0) is 14.8. The van der Waals surface area contributed by atoms with Gasteiger partial charge >= 0.3 is 5.97 Å². The second-order valence-electron chi connectivity index (χ2n) is 4.58. The van der Waals surface area contributed by atoms with Crippen LogP contribution in [0.1, 0.15) is 36.2 Å². The minimum absolute atomic E-state index is 0.289. The van der Waals surface area contributed by atoms with E-state index in [0.717, 1.165) is 12.8 Å². The fraction of sp³-hybridized carbons (Fsp3) is 0.417. The Hall–Kier alpha value is -2.16. The lowest BCUT2D eigenvalue weighted by Gasteiger charge is -2.08. The summed E-state index contributed by atoms with van der Waals surface area (Å²) >= 11 is 1.24. The van der Waals surface area contributed by atoms with E-state index in [-0.39, 0.29) is 6.61 Å². The molecule has 2 heterocycles. The Kier molecular flexibility index (Phi) is 3.74. The smallest absolute Gasteiger partial charge is 0.340 e. The second kappa shape index (κ2) is 5.68. The van der Waals surface area contributed by atoms with Crippen molar-refractivity contribution in [2.75, 3.05) is 12.3 Å². The highest BCUT2D eigenvalue weighted by molar-refractivity contribution is 7.99. The number of nitrogens with two attached hydrogens (primary N) is 1. The van der Waals surface area contributed by atoms with Crippen LogP contribution in [0.25, 0.3) is 0 Å². The molecule has 2 aromatic rings. The van der Waals surface area contributed by atoms with E-state index in [2.05, 4.69) is 20.5 Å². The molecular formula is C12H14N6O2S. The SMILES string of the molecule is CCOC(=O)c1cc(N)cnc1Sc1nnnn1C1CC1. The zero-order valence-electron chi connectivity index (χ0n) is 11.4. The van der Waals surface area contributed by atoms with Crippen molar-refractivity contribution < 1.29 is 9.53 Å². The molecule has 1 fully saturated rings. The number of aromatic nitrogens is 5. The minimum atomic E-state index is -0.453. The lowest BCUT2D eigenvalue weighted by molar-refractivity contribution is 0.0521. The van der Waals surface area contributed by atoms with Crippen LogP contribution < -0.4 is 5.73 Å². The summed E-state index contributed by atoms with van der Waals surface area (Å²) < 4.78 is 6.79. The van der Waals surface area contributed by atoms with Gasteiger partial charge in [-0.15, -0.1) is 5.10 Å². The molecule has 0 radical (unpaired) electrons. The highest BCUT2D eigenvalue weighted by Gasteiger charge is 2.29. The van der Waals surface area contributed by atoms with Crippen molar-refractivity contribution in [1.82, 2.24) is 25.2 Å². The second-order valence-corrected chi connectivity index (χ2v) is 5.54. The summed E-state index contributed by atoms with van der Waals surface area (Å²) in [6.07, 6.45) is 3.63. The molecule has 9 heteroatoms. The molecule has 0 aliphatic heterocycles. The Morgan fingerprint density at radius 1 is 1.57 bits per heavy atom. The molecular weight excluding hydrogens is 292 g/mol. The average Bonchev–Trinajstić information content (AvgIpc) is 3.21. The van der Waals surface area contributed by atoms with Crippen LogP contribution in [0.5, 0.6) is 0 Å². The largest absolute Gasteiger partial charge is 0.462 e. The van der Waals surface area contributed by atoms with Gasteiger partial charge in [0.15, 0.2) is 0 Å². The van der Waals surface area contributed by atoms with E-state index in [9.17, 15) is 4.79 Å². The number of hydrogen-bond donors (Lipinski definition) is 1. The van der Waals surface area contributed by atoms with Gasteiger partial charge < -0.3 is 10.5 Å². The first-order valence-electron chi connectivity index (χ1n) is 6.57. The molecule has 0 unspecified atom stereocenters. The number of carbonyl (C=O) groups is 1. The maximum atomic E-state index is 12.0. The molecule has 2 aromatic heterocycles. The first-order valence-corrected chi connectivity index (χ1v) is 7.39. The molecule has 21 heavy (non-hydrogen) atoms. The molecule has 0 bridgehead atoms. The number of pyridine rings is 1. The predicted octanol–water partition coefficient (Wildman–Crippen LogP) is 1.31. The molecule has 2 N–H and O–H groups in total. The van der Waals surface area contributed by atoms with Crippen molar-refractivity contribution in [1.29, 1.82) is 0 Å². The minimum Gasteiger partial charge on any atom is -0.462 e. The lowest BCUT2D eigenvalue weighted by Crippen LogP contribution is -2.09. The number of rotatable bonds is 5. The number of ether oxygens (including phenoxy) is 1. The fourth-order valence-electron chi connectivity index (χ4n) is 1.79. The van der Waals surface area contributed by atoms with Gasteiger partial charge in [0.05, 0.1) is 30.1 Å². The van der Waals surface area contributed by atoms with E-state index in [1.165, 1.54) is 18.0 Å². The van der Waals surface area contributed by atoms with E-state index in [4.69, 9.17) is 10.5 Å². The molecule has 0 amide bonds. The molecule has 0 saturated heterocycles. The van der Waals surface area contributed by atoms with Crippen LogP contribution in [0.4, 0.5) is 5.69 Å². The molecule has 110 valence electrons. The van der Waals surface area contributed by atoms with Crippen LogP contribution >= 0.6 is 11.8 Å². The van der Waals surface area contributed by atoms with Crippen molar-refractivity contribution >= 4 is 23.4 Å². The molecule has 1 aliphatic rings. The van der Waals surface area contributed by atoms with Crippen LogP contribution in [0.3, 0.4) is 0 Å². The fourth-order valence-corrected chi connectivity index (χ4v) is 2.68. The lowest BCUT2D eigenvalue weighted by atomic mass is 10.3. The third-order valence-electron chi connectivity index (χ3n) is 2.91. The Labute approximate surface area is 125 Å². The summed E-state index contributed by atoms with van der Waals surface area (Å²) in [4.78, 5) is 16.2. The Bertz CT molecular complexity index is 670. The topological polar surface area (TPSA) is 109 Å². The van der Waals surface area contributed by atoms with Gasteiger partial charge in [-0.25, -0.2) is 14.5 Å². The van der Waals surface area contributed by atoms with E-state index in [1.54, 1.807) is 17.7 Å². The predicted molar refractivity (Wildman–Crippen MR) is 74.8 cm³/mol. The van der Waals surface area contributed by atoms with Crippen molar-refractivity contribution in [3.8, 4) is 0 Å². The molecule has 0 aromatic carbocycles. The quantitative estimate of drug-likeness (QED) is 0.824. The summed E-state index contributed by atoms with van der Waals surface area (Å²) in [6, 6.07) is 1.90. The standard InChI is InChI=1S/C12H14N6O2S/c1-2-20-11(19)9-5-7(13)6-14-10(9)21-12-15-16-17-18(12)8-3-4-8/h5-6,8H,2-4,13H2,1H3. The number of tetrazole rings is 1. The first kappa shape index (κ1) is 13.8. The summed E-state index contributed by atoms with van der Waals surface area (Å²) in [5.41, 5.74) is 6.43. The van der Waals surface area contributed by atoms with Crippen LogP contribution in [-0.2, 0) is 4.74 Å². The number of carbonyl (C=O) groups excluding carboxylic acids is 1. The van der Waals surface area contributed by atoms with Gasteiger partial charge in [0.2, 0.25) is 5.16 Å². The Morgan fingerprint density at radius 3 is 3.10 bits per heavy atom. The molecule has 1 saturated carbocycles.